The Balaban J connectivity index is 2.30. The van der Waals surface area contributed by atoms with Crippen LogP contribution in [-0.4, -0.2) is 49.1 Å². The van der Waals surface area contributed by atoms with Crippen molar-refractivity contribution in [2.45, 2.75) is 37.3 Å². The minimum atomic E-state index is -3.93. The van der Waals surface area contributed by atoms with Crippen molar-refractivity contribution in [3.05, 3.63) is 40.9 Å². The summed E-state index contributed by atoms with van der Waals surface area (Å²) in [5.74, 6) is -0.749. The maximum Gasteiger partial charge on any atom is 0.324 e. The number of aliphatic hydroxyl groups excluding tert-OH is 1. The number of halogens is 1. The fourth-order valence-electron chi connectivity index (χ4n) is 2.52. The third kappa shape index (κ3) is 3.97. The molecule has 0 aromatic heterocycles. The van der Waals surface area contributed by atoms with Gasteiger partial charge in [0.05, 0.1) is 11.0 Å². The summed E-state index contributed by atoms with van der Waals surface area (Å²) in [5, 5.41) is 9.98. The smallest absolute Gasteiger partial charge is 0.324 e. The van der Waals surface area contributed by atoms with Crippen LogP contribution in [0.5, 0.6) is 0 Å². The quantitative estimate of drug-likeness (QED) is 0.794. The summed E-state index contributed by atoms with van der Waals surface area (Å²) >= 11 is 5.56. The Kier molecular flexibility index (Phi) is 5.70. The van der Waals surface area contributed by atoms with E-state index in [0.717, 1.165) is 15.4 Å². The number of aliphatic hydroxyl groups is 1. The zero-order valence-electron chi connectivity index (χ0n) is 13.5. The van der Waals surface area contributed by atoms with Gasteiger partial charge in [-0.2, -0.15) is 4.31 Å². The average molecular weight is 374 g/mol. The SMILES string of the molecule is C=C(Cl)COC(=O)[C@@H]1C[C@@H](O)CN1S(=O)(=O)c1ccc(C)c(C)c1. The van der Waals surface area contributed by atoms with Crippen LogP contribution < -0.4 is 0 Å². The summed E-state index contributed by atoms with van der Waals surface area (Å²) in [4.78, 5) is 12.2. The van der Waals surface area contributed by atoms with Crippen LogP contribution in [0, 0.1) is 13.8 Å². The molecular formula is C16H20ClNO5S. The normalized spacial score (nSPS) is 21.7. The van der Waals surface area contributed by atoms with Gasteiger partial charge in [0.25, 0.3) is 0 Å². The summed E-state index contributed by atoms with van der Waals surface area (Å²) in [6, 6.07) is 3.67. The molecule has 1 aromatic carbocycles. The minimum absolute atomic E-state index is 0.0162. The van der Waals surface area contributed by atoms with Crippen molar-refractivity contribution in [1.29, 1.82) is 0 Å². The number of esters is 1. The van der Waals surface area contributed by atoms with E-state index in [4.69, 9.17) is 16.3 Å². The Bertz CT molecular complexity index is 762. The van der Waals surface area contributed by atoms with Crippen LogP contribution in [0.15, 0.2) is 34.7 Å². The maximum atomic E-state index is 12.9. The van der Waals surface area contributed by atoms with E-state index in [1.165, 1.54) is 6.07 Å². The molecule has 6 nitrogen and oxygen atoms in total. The van der Waals surface area contributed by atoms with Gasteiger partial charge in [-0.15, -0.1) is 0 Å². The number of ether oxygens (including phenoxy) is 1. The number of hydrogen-bond donors (Lipinski definition) is 1. The highest BCUT2D eigenvalue weighted by molar-refractivity contribution is 7.89. The molecule has 0 saturated carbocycles. The lowest BCUT2D eigenvalue weighted by Gasteiger charge is -2.22. The van der Waals surface area contributed by atoms with Crippen LogP contribution in [0.4, 0.5) is 0 Å². The largest absolute Gasteiger partial charge is 0.459 e. The molecule has 1 aliphatic rings. The number of sulfonamides is 1. The van der Waals surface area contributed by atoms with Crippen LogP contribution >= 0.6 is 11.6 Å². The molecule has 132 valence electrons. The van der Waals surface area contributed by atoms with Gasteiger partial charge in [-0.1, -0.05) is 24.2 Å². The summed E-state index contributed by atoms with van der Waals surface area (Å²) in [7, 11) is -3.93. The molecule has 2 atom stereocenters. The first-order valence-corrected chi connectivity index (χ1v) is 9.22. The van der Waals surface area contributed by atoms with E-state index in [1.807, 2.05) is 13.8 Å². The van der Waals surface area contributed by atoms with Crippen molar-refractivity contribution in [3.8, 4) is 0 Å². The molecule has 1 saturated heterocycles. The van der Waals surface area contributed by atoms with Gasteiger partial charge in [0.1, 0.15) is 12.6 Å². The van der Waals surface area contributed by atoms with Gasteiger partial charge in [-0.25, -0.2) is 8.42 Å². The van der Waals surface area contributed by atoms with Crippen LogP contribution in [0.2, 0.25) is 0 Å². The summed E-state index contributed by atoms with van der Waals surface area (Å²) in [6.07, 6.45) is -0.944. The van der Waals surface area contributed by atoms with Gasteiger partial charge >= 0.3 is 5.97 Å². The van der Waals surface area contributed by atoms with Crippen molar-refractivity contribution in [2.75, 3.05) is 13.2 Å². The van der Waals surface area contributed by atoms with Crippen molar-refractivity contribution in [2.24, 2.45) is 0 Å². The van der Waals surface area contributed by atoms with Crippen LogP contribution in [-0.2, 0) is 19.6 Å². The second-order valence-corrected chi connectivity index (χ2v) is 8.28. The van der Waals surface area contributed by atoms with E-state index < -0.39 is 28.1 Å². The third-order valence-electron chi connectivity index (χ3n) is 3.96. The average Bonchev–Trinajstić information content (AvgIpc) is 2.90. The Morgan fingerprint density at radius 1 is 1.42 bits per heavy atom. The third-order valence-corrected chi connectivity index (χ3v) is 5.94. The Hall–Kier alpha value is -1.41. The fraction of sp³-hybridized carbons (Fsp3) is 0.438. The molecule has 24 heavy (non-hydrogen) atoms. The van der Waals surface area contributed by atoms with Gasteiger partial charge in [0.2, 0.25) is 10.0 Å². The topological polar surface area (TPSA) is 83.9 Å². The molecule has 2 rings (SSSR count). The van der Waals surface area contributed by atoms with Crippen molar-refractivity contribution in [1.82, 2.24) is 4.31 Å². The number of nitrogens with zero attached hydrogens (tertiary/aromatic N) is 1. The first kappa shape index (κ1) is 18.9. The molecule has 1 aromatic rings. The fourth-order valence-corrected chi connectivity index (χ4v) is 4.29. The molecule has 0 bridgehead atoms. The van der Waals surface area contributed by atoms with Crippen molar-refractivity contribution in [3.63, 3.8) is 0 Å². The predicted octanol–water partition coefficient (Wildman–Crippen LogP) is 1.72. The highest BCUT2D eigenvalue weighted by atomic mass is 35.5. The van der Waals surface area contributed by atoms with E-state index in [1.54, 1.807) is 12.1 Å². The zero-order chi connectivity index (χ0) is 18.1. The van der Waals surface area contributed by atoms with Crippen LogP contribution in [0.3, 0.4) is 0 Å². The molecule has 0 aliphatic carbocycles. The highest BCUT2D eigenvalue weighted by Gasteiger charge is 2.44. The van der Waals surface area contributed by atoms with Crippen molar-refractivity contribution < 1.29 is 23.1 Å². The van der Waals surface area contributed by atoms with Gasteiger partial charge in [-0.05, 0) is 37.1 Å². The molecule has 1 N–H and O–H groups in total. The standard InChI is InChI=1S/C16H20ClNO5S/c1-10-4-5-14(6-11(10)2)24(21,22)18-8-13(19)7-15(18)16(20)23-9-12(3)17/h4-6,13,15,19H,3,7-9H2,1-2H3/t13-,15+/m1/s1. The van der Waals surface area contributed by atoms with E-state index in [2.05, 4.69) is 6.58 Å². The Morgan fingerprint density at radius 2 is 2.08 bits per heavy atom. The molecule has 1 aliphatic heterocycles. The molecule has 0 spiro atoms. The second-order valence-electron chi connectivity index (χ2n) is 5.85. The number of rotatable bonds is 5. The monoisotopic (exact) mass is 373 g/mol. The molecule has 1 heterocycles. The first-order valence-electron chi connectivity index (χ1n) is 7.40. The molecular weight excluding hydrogens is 354 g/mol. The molecule has 0 amide bonds. The lowest BCUT2D eigenvalue weighted by atomic mass is 10.1. The molecule has 8 heteroatoms. The van der Waals surface area contributed by atoms with Crippen LogP contribution in [0.1, 0.15) is 17.5 Å². The summed E-state index contributed by atoms with van der Waals surface area (Å²) < 4.78 is 31.7. The van der Waals surface area contributed by atoms with Crippen LogP contribution in [0.25, 0.3) is 0 Å². The number of carbonyl (C=O) groups is 1. The van der Waals surface area contributed by atoms with Crippen molar-refractivity contribution >= 4 is 27.6 Å². The summed E-state index contributed by atoms with van der Waals surface area (Å²) in [6.45, 7) is 6.74. The number of carbonyl (C=O) groups excluding carboxylic acids is 1. The van der Waals surface area contributed by atoms with E-state index in [0.29, 0.717) is 0 Å². The molecule has 0 unspecified atom stereocenters. The van der Waals surface area contributed by atoms with Gasteiger partial charge in [-0.3, -0.25) is 4.79 Å². The number of hydrogen-bond acceptors (Lipinski definition) is 5. The Labute approximate surface area is 146 Å². The number of aryl methyl sites for hydroxylation is 2. The van der Waals surface area contributed by atoms with E-state index in [-0.39, 0.29) is 29.5 Å². The lowest BCUT2D eigenvalue weighted by Crippen LogP contribution is -2.41. The molecule has 0 radical (unpaired) electrons. The van der Waals surface area contributed by atoms with Gasteiger partial charge < -0.3 is 9.84 Å². The lowest BCUT2D eigenvalue weighted by molar-refractivity contribution is -0.146. The van der Waals surface area contributed by atoms with Gasteiger partial charge in [0.15, 0.2) is 0 Å². The van der Waals surface area contributed by atoms with Gasteiger partial charge in [0, 0.05) is 18.0 Å². The Morgan fingerprint density at radius 3 is 2.67 bits per heavy atom. The summed E-state index contributed by atoms with van der Waals surface area (Å²) in [5.41, 5.74) is 1.79. The zero-order valence-corrected chi connectivity index (χ0v) is 15.1. The maximum absolute atomic E-state index is 12.9. The number of benzene rings is 1. The minimum Gasteiger partial charge on any atom is -0.459 e. The van der Waals surface area contributed by atoms with E-state index in [9.17, 15) is 18.3 Å². The number of β-amino-alcohol motifs (C(OH)–C–C–N with tert-alkyl or cyclic N) is 1. The highest BCUT2D eigenvalue weighted by Crippen LogP contribution is 2.28. The first-order chi connectivity index (χ1) is 11.1. The second kappa shape index (κ2) is 7.23. The molecule has 1 fully saturated rings. The van der Waals surface area contributed by atoms with E-state index >= 15 is 0 Å². The predicted molar refractivity (Wildman–Crippen MR) is 90.2 cm³/mol.